The summed E-state index contributed by atoms with van der Waals surface area (Å²) in [5, 5.41) is 2.67. The molecule has 1 N–H and O–H groups in total. The molecular formula is C16H21BF3NO2. The summed E-state index contributed by atoms with van der Waals surface area (Å²) in [6.45, 7) is 7.25. The Labute approximate surface area is 134 Å². The fraction of sp³-hybridized carbons (Fsp3) is 0.625. The molecule has 1 saturated heterocycles. The van der Waals surface area contributed by atoms with Gasteiger partial charge in [0.05, 0.1) is 11.2 Å². The van der Waals surface area contributed by atoms with Crippen LogP contribution in [-0.2, 0) is 21.2 Å². The molecule has 2 aliphatic rings. The highest BCUT2D eigenvalue weighted by Gasteiger charge is 2.71. The Morgan fingerprint density at radius 1 is 1.04 bits per heavy atom. The number of benzene rings is 1. The van der Waals surface area contributed by atoms with Gasteiger partial charge in [-0.15, -0.1) is 0 Å². The zero-order valence-electron chi connectivity index (χ0n) is 13.8. The van der Waals surface area contributed by atoms with Crippen molar-refractivity contribution in [3.8, 4) is 0 Å². The van der Waals surface area contributed by atoms with Gasteiger partial charge >= 0.3 is 13.3 Å². The van der Waals surface area contributed by atoms with Crippen LogP contribution >= 0.6 is 0 Å². The number of hydrogen-bond donors (Lipinski definition) is 1. The van der Waals surface area contributed by atoms with Gasteiger partial charge in [-0.05, 0) is 51.8 Å². The lowest BCUT2D eigenvalue weighted by molar-refractivity contribution is -0.184. The molecule has 2 heterocycles. The maximum Gasteiger partial charge on any atom is 0.493 e. The zero-order chi connectivity index (χ0) is 17.1. The third-order valence-corrected chi connectivity index (χ3v) is 5.29. The third-order valence-electron chi connectivity index (χ3n) is 5.29. The van der Waals surface area contributed by atoms with Crippen molar-refractivity contribution >= 4 is 7.12 Å². The van der Waals surface area contributed by atoms with E-state index in [0.29, 0.717) is 12.0 Å². The second-order valence-corrected chi connectivity index (χ2v) is 7.23. The molecule has 0 radical (unpaired) electrons. The van der Waals surface area contributed by atoms with Crippen molar-refractivity contribution in [1.82, 2.24) is 5.32 Å². The maximum absolute atomic E-state index is 14.2. The van der Waals surface area contributed by atoms with Gasteiger partial charge in [-0.3, -0.25) is 0 Å². The number of nitrogens with one attached hydrogen (secondary N) is 1. The first-order valence-electron chi connectivity index (χ1n) is 7.77. The standard InChI is InChI=1S/C16H21BF3NO2/c1-13(2)14(3,4)23-17(22-13)15(16(18,19)20)12-8-6-5-7-11(12)9-10-21-15/h5-8,21H,9-10H2,1-4H3. The van der Waals surface area contributed by atoms with Crippen molar-refractivity contribution < 1.29 is 22.5 Å². The molecule has 3 nitrogen and oxygen atoms in total. The molecule has 0 aliphatic carbocycles. The minimum absolute atomic E-state index is 0.192. The van der Waals surface area contributed by atoms with Crippen molar-refractivity contribution in [2.24, 2.45) is 0 Å². The van der Waals surface area contributed by atoms with Gasteiger partial charge < -0.3 is 14.6 Å². The third kappa shape index (κ3) is 2.32. The fourth-order valence-corrected chi connectivity index (χ4v) is 3.23. The molecule has 1 unspecified atom stereocenters. The second-order valence-electron chi connectivity index (χ2n) is 7.23. The predicted octanol–water partition coefficient (Wildman–Crippen LogP) is 3.22. The molecule has 1 fully saturated rings. The summed E-state index contributed by atoms with van der Waals surface area (Å²) in [5.74, 6) is 0. The van der Waals surface area contributed by atoms with Gasteiger partial charge in [-0.1, -0.05) is 24.3 Å². The topological polar surface area (TPSA) is 30.5 Å². The maximum atomic E-state index is 14.2. The van der Waals surface area contributed by atoms with Crippen molar-refractivity contribution in [3.05, 3.63) is 35.4 Å². The number of hydrogen-bond acceptors (Lipinski definition) is 3. The Balaban J connectivity index is 2.16. The number of alkyl halides is 3. The lowest BCUT2D eigenvalue weighted by Gasteiger charge is -2.42. The van der Waals surface area contributed by atoms with E-state index in [0.717, 1.165) is 0 Å². The molecule has 0 aromatic heterocycles. The first-order chi connectivity index (χ1) is 10.5. The predicted molar refractivity (Wildman–Crippen MR) is 82.0 cm³/mol. The van der Waals surface area contributed by atoms with Crippen LogP contribution in [0, 0.1) is 0 Å². The van der Waals surface area contributed by atoms with Crippen molar-refractivity contribution in [2.45, 2.75) is 56.9 Å². The van der Waals surface area contributed by atoms with Crippen molar-refractivity contribution in [1.29, 1.82) is 0 Å². The normalized spacial score (nSPS) is 29.4. The largest absolute Gasteiger partial charge is 0.493 e. The van der Waals surface area contributed by atoms with Gasteiger partial charge in [0.2, 0.25) is 0 Å². The molecular weight excluding hydrogens is 306 g/mol. The first kappa shape index (κ1) is 16.8. The Hall–Kier alpha value is -1.05. The number of rotatable bonds is 1. The highest BCUT2D eigenvalue weighted by Crippen LogP contribution is 2.50. The molecule has 126 valence electrons. The average molecular weight is 327 g/mol. The second kappa shape index (κ2) is 4.97. The summed E-state index contributed by atoms with van der Waals surface area (Å²) in [6, 6.07) is 6.63. The minimum Gasteiger partial charge on any atom is -0.402 e. The fourth-order valence-electron chi connectivity index (χ4n) is 3.23. The molecule has 0 spiro atoms. The van der Waals surface area contributed by atoms with Gasteiger partial charge in [-0.25, -0.2) is 0 Å². The molecule has 23 heavy (non-hydrogen) atoms. The smallest absolute Gasteiger partial charge is 0.402 e. The summed E-state index contributed by atoms with van der Waals surface area (Å²) < 4.78 is 54.2. The molecule has 1 aromatic rings. The van der Waals surface area contributed by atoms with E-state index >= 15 is 0 Å². The monoisotopic (exact) mass is 327 g/mol. The first-order valence-corrected chi connectivity index (χ1v) is 7.77. The number of fused-ring (bicyclic) bond motifs is 1. The van der Waals surface area contributed by atoms with E-state index in [1.807, 2.05) is 0 Å². The average Bonchev–Trinajstić information content (AvgIpc) is 2.65. The van der Waals surface area contributed by atoms with Crippen LogP contribution in [0.2, 0.25) is 0 Å². The SMILES string of the molecule is CC1(C)OB(C2(C(F)(F)F)NCCc3ccccc32)OC1(C)C. The summed E-state index contributed by atoms with van der Waals surface area (Å²) in [7, 11) is -1.44. The van der Waals surface area contributed by atoms with E-state index in [4.69, 9.17) is 9.31 Å². The molecule has 7 heteroatoms. The van der Waals surface area contributed by atoms with Crippen LogP contribution in [0.5, 0.6) is 0 Å². The van der Waals surface area contributed by atoms with E-state index in [9.17, 15) is 13.2 Å². The molecule has 1 atom stereocenters. The summed E-state index contributed by atoms with van der Waals surface area (Å²) >= 11 is 0. The molecule has 0 bridgehead atoms. The van der Waals surface area contributed by atoms with E-state index in [-0.39, 0.29) is 12.1 Å². The van der Waals surface area contributed by atoms with Gasteiger partial charge in [0.1, 0.15) is 0 Å². The Kier molecular flexibility index (Phi) is 3.63. The minimum atomic E-state index is -4.55. The number of halogens is 3. The summed E-state index contributed by atoms with van der Waals surface area (Å²) in [4.78, 5) is 0. The Bertz CT molecular complexity index is 602. The van der Waals surface area contributed by atoms with Gasteiger partial charge in [0, 0.05) is 0 Å². The van der Waals surface area contributed by atoms with Crippen LogP contribution in [0.1, 0.15) is 38.8 Å². The van der Waals surface area contributed by atoms with Crippen LogP contribution in [0.3, 0.4) is 0 Å². The van der Waals surface area contributed by atoms with Crippen LogP contribution in [0.15, 0.2) is 24.3 Å². The summed E-state index contributed by atoms with van der Waals surface area (Å²) in [6.07, 6.45) is -4.00. The van der Waals surface area contributed by atoms with Crippen molar-refractivity contribution in [3.63, 3.8) is 0 Å². The van der Waals surface area contributed by atoms with Crippen LogP contribution < -0.4 is 5.32 Å². The zero-order valence-corrected chi connectivity index (χ0v) is 13.8. The van der Waals surface area contributed by atoms with Gasteiger partial charge in [0.25, 0.3) is 0 Å². The van der Waals surface area contributed by atoms with Crippen LogP contribution in [0.25, 0.3) is 0 Å². The van der Waals surface area contributed by atoms with E-state index in [2.05, 4.69) is 5.32 Å². The van der Waals surface area contributed by atoms with Crippen LogP contribution in [-0.4, -0.2) is 31.0 Å². The molecule has 2 aliphatic heterocycles. The Morgan fingerprint density at radius 2 is 1.61 bits per heavy atom. The van der Waals surface area contributed by atoms with Crippen LogP contribution in [0.4, 0.5) is 13.2 Å². The molecule has 3 rings (SSSR count). The highest BCUT2D eigenvalue weighted by atomic mass is 19.4. The van der Waals surface area contributed by atoms with Crippen molar-refractivity contribution in [2.75, 3.05) is 6.54 Å². The van der Waals surface area contributed by atoms with Gasteiger partial charge in [-0.2, -0.15) is 13.2 Å². The lowest BCUT2D eigenvalue weighted by atomic mass is 9.57. The Morgan fingerprint density at radius 3 is 2.17 bits per heavy atom. The van der Waals surface area contributed by atoms with Gasteiger partial charge in [0.15, 0.2) is 5.44 Å². The molecule has 1 aromatic carbocycles. The molecule has 0 amide bonds. The van der Waals surface area contributed by atoms with E-state index in [1.54, 1.807) is 45.9 Å². The quantitative estimate of drug-likeness (QED) is 0.804. The lowest BCUT2D eigenvalue weighted by Crippen LogP contribution is -2.67. The highest BCUT2D eigenvalue weighted by molar-refractivity contribution is 6.50. The summed E-state index contributed by atoms with van der Waals surface area (Å²) in [5.41, 5.74) is -3.14. The molecule has 0 saturated carbocycles. The van der Waals surface area contributed by atoms with E-state index < -0.39 is 29.9 Å². The van der Waals surface area contributed by atoms with E-state index in [1.165, 1.54) is 6.07 Å².